The first-order valence-electron chi connectivity index (χ1n) is 31.2. The van der Waals surface area contributed by atoms with Crippen molar-refractivity contribution in [2.75, 3.05) is 34.3 Å². The summed E-state index contributed by atoms with van der Waals surface area (Å²) in [6.45, 7) is 9.98. The molecule has 55 heteroatoms. The molecule has 55 nitrogen and oxygen atoms in total. The van der Waals surface area contributed by atoms with E-state index in [0.29, 0.717) is 0 Å². The van der Waals surface area contributed by atoms with Gasteiger partial charge in [0.05, 0.1) is 0 Å². The lowest BCUT2D eigenvalue weighted by Crippen LogP contribution is -2.51. The van der Waals surface area contributed by atoms with Crippen molar-refractivity contribution in [3.63, 3.8) is 0 Å². The largest absolute Gasteiger partial charge is 0.282 e. The van der Waals surface area contributed by atoms with Gasteiger partial charge in [-0.2, -0.15) is 210 Å². The molecule has 0 aliphatic carbocycles. The van der Waals surface area contributed by atoms with Crippen LogP contribution in [-0.4, -0.2) is 224 Å². The third-order valence-electron chi connectivity index (χ3n) is 16.9. The topological polar surface area (TPSA) is 581 Å². The SMILES string of the molecule is CC1=NC2=Nc3nc4nc(n5c6nc7nc(n(C)c8nc9nc(n%10c%11nc%12nc(n(C)c%13nc%14nc(n(c%15nc%16nc(n3C)N=C3N=C(C)N=C(N=%15)N3%16)-c3nc%15nc-5nc5nc-%10nc(n3)N%155)=NC3=NC(C)=NC(=N%13)N3%14)N=C3N=C(C)N=C(N=%11)N3%12)=NC3=NC(C)=NC(=N8)N39)N=C3N=C(C)N=C(N=6)N37)=NC(=N1)N24. The normalized spacial score (nSPS) is 18.8. The van der Waals surface area contributed by atoms with Gasteiger partial charge >= 0.3 is 0 Å². The van der Waals surface area contributed by atoms with Crippen molar-refractivity contribution in [2.45, 2.75) is 41.5 Å². The van der Waals surface area contributed by atoms with E-state index in [-0.39, 0.29) is 247 Å². The van der Waals surface area contributed by atoms with Crippen LogP contribution in [0.3, 0.4) is 0 Å². The van der Waals surface area contributed by atoms with E-state index in [9.17, 15) is 0 Å². The minimum absolute atomic E-state index is 0.0254. The van der Waals surface area contributed by atoms with Crippen molar-refractivity contribution in [1.82, 2.24) is 117 Å². The average Bonchev–Trinajstić information content (AvgIpc) is 0.401. The number of amidine groups is 6. The molecule has 0 fully saturated rings. The standard InChI is InChI=1S/C51H27N55/c1-10-52-22-64-16-70-34-82-40(76-28(58-10)97(22)34)103-41-77-29-59-12(3)54-24-66-18(72-36(83-41)99(24)29)95(8)19-67-25-55-13(4)62-32-80-44(86-37(73-19)100(25)32)105-45-81-33-63-15(6)57-27-69-21(75-39(87-45)102(27)33)96(9)20-68-26-56-14(5)61-31-79-43(85-38(74-20)101(26)31)104(47-90-49-88-46(103)89-50-91-48(105)93-51(92-47)106(49)50)42-78-30-60-11(2)53-23-65-17(94(16)7)71-35(84-42)98(23)30/h1-9H3. The average molecular weight is 1410 g/mol. The summed E-state index contributed by atoms with van der Waals surface area (Å²) in [5.74, 6) is -1.09. The summed E-state index contributed by atoms with van der Waals surface area (Å²) in [5.41, 5.74) is -1.68. The first kappa shape index (κ1) is 55.4. The molecule has 0 aromatic carbocycles. The van der Waals surface area contributed by atoms with Crippen LogP contribution in [0.4, 0.5) is 89.2 Å². The molecule has 24 heterocycles. The van der Waals surface area contributed by atoms with Crippen molar-refractivity contribution in [2.24, 2.45) is 141 Å². The van der Waals surface area contributed by atoms with E-state index in [2.05, 4.69) is 0 Å². The summed E-state index contributed by atoms with van der Waals surface area (Å²) in [5, 5.41) is 0. The second-order valence-corrected chi connectivity index (χ2v) is 23.8. The number of fused-ring (bicyclic) bond motifs is 18. The number of aliphatic imine (C=N–C) groups is 18. The molecular formula is C51H27N55. The molecule has 0 spiro atoms. The van der Waals surface area contributed by atoms with Gasteiger partial charge in [0.15, 0.2) is 0 Å². The van der Waals surface area contributed by atoms with Crippen LogP contribution >= 0.6 is 0 Å². The summed E-state index contributed by atoms with van der Waals surface area (Å²) in [6.07, 6.45) is 0. The monoisotopic (exact) mass is 1410 g/mol. The van der Waals surface area contributed by atoms with Gasteiger partial charge in [-0.25, -0.2) is 48.0 Å². The van der Waals surface area contributed by atoms with Gasteiger partial charge in [-0.1, -0.05) is 0 Å². The fourth-order valence-corrected chi connectivity index (χ4v) is 12.3. The van der Waals surface area contributed by atoms with Gasteiger partial charge in [0.1, 0.15) is 35.0 Å². The molecule has 0 amide bonds. The summed E-state index contributed by atoms with van der Waals surface area (Å²) in [6, 6.07) is 0. The van der Waals surface area contributed by atoms with E-state index in [0.717, 1.165) is 0 Å². The molecule has 24 bridgehead atoms. The summed E-state index contributed by atoms with van der Waals surface area (Å²) in [4.78, 5) is 220. The fourth-order valence-electron chi connectivity index (χ4n) is 12.3. The van der Waals surface area contributed by atoms with Crippen molar-refractivity contribution in [3.8, 4) is 17.8 Å². The number of aromatic nitrogens is 24. The van der Waals surface area contributed by atoms with Crippen LogP contribution in [0.25, 0.3) is 17.8 Å². The minimum Gasteiger partial charge on any atom is -0.282 e. The Bertz CT molecular complexity index is 6000. The van der Waals surface area contributed by atoms with E-state index < -0.39 is 0 Å². The lowest BCUT2D eigenvalue weighted by atomic mass is 10.5. The Balaban J connectivity index is 0.978. The highest BCUT2D eigenvalue weighted by atomic mass is 15.6. The number of nitrogens with zero attached hydrogens (tertiary/aromatic N) is 55. The van der Waals surface area contributed by atoms with Gasteiger partial charge < -0.3 is 0 Å². The molecule has 24 aliphatic rings. The third kappa shape index (κ3) is 7.51. The molecule has 24 aliphatic heterocycles. The maximum absolute atomic E-state index is 5.26. The van der Waals surface area contributed by atoms with E-state index >= 15 is 0 Å². The van der Waals surface area contributed by atoms with Gasteiger partial charge in [0.2, 0.25) is 212 Å². The fraction of sp³-hybridized carbons (Fsp3) is 0.176. The zero-order valence-corrected chi connectivity index (χ0v) is 54.6. The molecule has 0 aromatic heterocycles. The van der Waals surface area contributed by atoms with Gasteiger partial charge in [-0.05, 0) is 41.5 Å². The highest BCUT2D eigenvalue weighted by molar-refractivity contribution is 6.30. The molecule has 0 radical (unpaired) electrons. The molecule has 106 heavy (non-hydrogen) atoms. The van der Waals surface area contributed by atoms with Gasteiger partial charge in [0, 0.05) is 21.1 Å². The Hall–Kier alpha value is -16.5. The van der Waals surface area contributed by atoms with Crippen LogP contribution in [0.2, 0.25) is 0 Å². The molecule has 0 atom stereocenters. The first-order chi connectivity index (χ1) is 51.5. The Kier molecular flexibility index (Phi) is 9.77. The molecule has 0 saturated heterocycles. The molecule has 0 saturated carbocycles. The minimum atomic E-state index is -0.358. The van der Waals surface area contributed by atoms with E-state index in [1.165, 1.54) is 61.7 Å². The van der Waals surface area contributed by atoms with Crippen LogP contribution in [-0.2, 0) is 21.1 Å². The van der Waals surface area contributed by atoms with Crippen molar-refractivity contribution in [3.05, 3.63) is 33.7 Å². The van der Waals surface area contributed by atoms with E-state index in [4.69, 9.17) is 210 Å². The highest BCUT2D eigenvalue weighted by Crippen LogP contribution is 2.37. The molecule has 0 N–H and O–H groups in total. The molecule has 506 valence electrons. The molecule has 0 aromatic rings. The third-order valence-corrected chi connectivity index (χ3v) is 16.9. The number of guanidine groups is 12. The van der Waals surface area contributed by atoms with Crippen LogP contribution in [0.15, 0.2) is 120 Å². The van der Waals surface area contributed by atoms with Crippen LogP contribution < -0.4 is 68.0 Å². The predicted octanol–water partition coefficient (Wildman–Crippen LogP) is -4.91. The maximum atomic E-state index is 5.26. The first-order valence-corrected chi connectivity index (χ1v) is 31.2. The number of rotatable bonds is 0. The lowest BCUT2D eigenvalue weighted by Gasteiger charge is -2.30. The summed E-state index contributed by atoms with van der Waals surface area (Å²) in [7, 11) is 4.87. The second kappa shape index (κ2) is 18.7. The zero-order valence-electron chi connectivity index (χ0n) is 54.6. The predicted molar refractivity (Wildman–Crippen MR) is 363 cm³/mol. The van der Waals surface area contributed by atoms with Crippen LogP contribution in [0.1, 0.15) is 41.5 Å². The second-order valence-electron chi connectivity index (χ2n) is 23.8. The lowest BCUT2D eigenvalue weighted by molar-refractivity contribution is 0.691. The maximum Gasteiger partial charge on any atom is 0.246 e. The Morgan fingerprint density at radius 1 is 0.151 bits per heavy atom. The summed E-state index contributed by atoms with van der Waals surface area (Å²) >= 11 is 0. The molecular weight excluding hydrogens is 1380 g/mol. The zero-order chi connectivity index (χ0) is 70.5. The van der Waals surface area contributed by atoms with Gasteiger partial charge in [-0.3, -0.25) is 13.7 Å². The van der Waals surface area contributed by atoms with Crippen molar-refractivity contribution < 1.29 is 0 Å². The Morgan fingerprint density at radius 3 is 0.491 bits per heavy atom. The number of hydrogen-bond acceptors (Lipinski definition) is 49. The quantitative estimate of drug-likeness (QED) is 0.138. The summed E-state index contributed by atoms with van der Waals surface area (Å²) < 4.78 is 8.25. The number of anilines is 9. The van der Waals surface area contributed by atoms with Gasteiger partial charge in [0.25, 0.3) is 0 Å². The molecule has 24 rings (SSSR count). The van der Waals surface area contributed by atoms with E-state index in [1.807, 2.05) is 0 Å². The highest BCUT2D eigenvalue weighted by Gasteiger charge is 2.43. The smallest absolute Gasteiger partial charge is 0.246 e. The van der Waals surface area contributed by atoms with Crippen LogP contribution in [0, 0.1) is 0 Å². The van der Waals surface area contributed by atoms with Crippen LogP contribution in [0.5, 0.6) is 0 Å². The number of hydrogen-bond donors (Lipinski definition) is 0. The van der Waals surface area contributed by atoms with Crippen molar-refractivity contribution in [1.29, 1.82) is 0 Å². The Morgan fingerprint density at radius 2 is 0.311 bits per heavy atom. The van der Waals surface area contributed by atoms with Gasteiger partial charge in [-0.15, -0.1) is 0 Å². The Labute approximate surface area is 579 Å². The molecule has 0 unspecified atom stereocenters. The van der Waals surface area contributed by atoms with E-state index in [1.54, 1.807) is 62.7 Å². The van der Waals surface area contributed by atoms with Crippen molar-refractivity contribution >= 4 is 196 Å².